The van der Waals surface area contributed by atoms with Crippen LogP contribution in [0, 0.1) is 23.7 Å². The second-order valence-corrected chi connectivity index (χ2v) is 12.0. The molecule has 1 aliphatic heterocycles. The molecule has 0 radical (unpaired) electrons. The minimum absolute atomic E-state index is 0.0753. The summed E-state index contributed by atoms with van der Waals surface area (Å²) >= 11 is 2.86. The highest BCUT2D eigenvalue weighted by Gasteiger charge is 2.59. The van der Waals surface area contributed by atoms with Crippen molar-refractivity contribution in [2.75, 3.05) is 16.0 Å². The number of benzene rings is 2. The molecule has 8 heteroatoms. The summed E-state index contributed by atoms with van der Waals surface area (Å²) < 4.78 is 1.68. The molecule has 1 N–H and O–H groups in total. The van der Waals surface area contributed by atoms with Gasteiger partial charge in [-0.05, 0) is 54.0 Å². The lowest BCUT2D eigenvalue weighted by Crippen LogP contribution is -2.32. The molecule has 3 amide bonds. The van der Waals surface area contributed by atoms with Gasteiger partial charge in [0, 0.05) is 5.69 Å². The van der Waals surface area contributed by atoms with Gasteiger partial charge in [0.1, 0.15) is 0 Å². The Labute approximate surface area is 211 Å². The number of allylic oxidation sites excluding steroid dienone is 2. The highest BCUT2D eigenvalue weighted by atomic mass is 32.2. The van der Waals surface area contributed by atoms with E-state index >= 15 is 0 Å². The molecule has 0 unspecified atom stereocenters. The third-order valence-corrected chi connectivity index (χ3v) is 9.43. The van der Waals surface area contributed by atoms with Gasteiger partial charge in [-0.3, -0.25) is 14.4 Å². The van der Waals surface area contributed by atoms with Crippen LogP contribution in [-0.4, -0.2) is 28.5 Å². The predicted octanol–water partition coefficient (Wildman–Crippen LogP) is 5.46. The van der Waals surface area contributed by atoms with Crippen molar-refractivity contribution in [3.8, 4) is 0 Å². The van der Waals surface area contributed by atoms with Gasteiger partial charge in [0.05, 0.1) is 33.5 Å². The van der Waals surface area contributed by atoms with Crippen LogP contribution in [0.25, 0.3) is 10.2 Å². The molecule has 35 heavy (non-hydrogen) atoms. The van der Waals surface area contributed by atoms with Crippen LogP contribution in [0.3, 0.4) is 0 Å². The van der Waals surface area contributed by atoms with Gasteiger partial charge in [0.2, 0.25) is 17.7 Å². The lowest BCUT2D eigenvalue weighted by atomic mass is 9.85. The predicted molar refractivity (Wildman–Crippen MR) is 140 cm³/mol. The fourth-order valence-electron chi connectivity index (χ4n) is 5.68. The molecule has 3 aliphatic rings. The number of carbonyl (C=O) groups is 3. The zero-order valence-electron chi connectivity index (χ0n) is 19.4. The quantitative estimate of drug-likeness (QED) is 0.274. The van der Waals surface area contributed by atoms with E-state index in [4.69, 9.17) is 0 Å². The first-order chi connectivity index (χ1) is 16.9. The summed E-state index contributed by atoms with van der Waals surface area (Å²) in [6.07, 6.45) is 5.13. The molecule has 2 heterocycles. The third kappa shape index (κ3) is 3.79. The monoisotopic (exact) mass is 503 g/mol. The van der Waals surface area contributed by atoms with Crippen molar-refractivity contribution in [2.45, 2.75) is 30.5 Å². The van der Waals surface area contributed by atoms with E-state index < -0.39 is 0 Å². The number of hydrogen-bond donors (Lipinski definition) is 1. The Morgan fingerprint density at radius 2 is 1.83 bits per heavy atom. The van der Waals surface area contributed by atoms with Gasteiger partial charge in [-0.15, -0.1) is 11.3 Å². The van der Waals surface area contributed by atoms with Crippen molar-refractivity contribution in [1.29, 1.82) is 0 Å². The van der Waals surface area contributed by atoms with E-state index in [2.05, 4.69) is 36.3 Å². The number of hydrogen-bond acceptors (Lipinski definition) is 6. The molecule has 6 rings (SSSR count). The van der Waals surface area contributed by atoms with Crippen LogP contribution in [0.15, 0.2) is 59.0 Å². The summed E-state index contributed by atoms with van der Waals surface area (Å²) in [4.78, 5) is 44.9. The Kier molecular flexibility index (Phi) is 5.53. The molecule has 2 aromatic carbocycles. The van der Waals surface area contributed by atoms with E-state index in [0.717, 1.165) is 32.2 Å². The number of aromatic nitrogens is 1. The molecule has 178 valence electrons. The number of rotatable bonds is 6. The molecule has 4 atom stereocenters. The molecule has 1 saturated carbocycles. The van der Waals surface area contributed by atoms with Crippen molar-refractivity contribution in [1.82, 2.24) is 4.98 Å². The lowest BCUT2D eigenvalue weighted by Gasteiger charge is -2.17. The van der Waals surface area contributed by atoms with Crippen molar-refractivity contribution < 1.29 is 14.4 Å². The van der Waals surface area contributed by atoms with Crippen molar-refractivity contribution in [3.05, 3.63) is 60.2 Å². The molecule has 3 aromatic rings. The van der Waals surface area contributed by atoms with Crippen LogP contribution in [0.1, 0.15) is 31.7 Å². The van der Waals surface area contributed by atoms with Crippen LogP contribution in [0.5, 0.6) is 0 Å². The molecular formula is C27H25N3O3S2. The highest BCUT2D eigenvalue weighted by Crippen LogP contribution is 2.53. The average Bonchev–Trinajstić information content (AvgIpc) is 3.60. The summed E-state index contributed by atoms with van der Waals surface area (Å²) in [6, 6.07) is 13.4. The fraction of sp³-hybridized carbons (Fsp3) is 0.333. The number of thiazole rings is 1. The zero-order chi connectivity index (χ0) is 24.3. The van der Waals surface area contributed by atoms with Gasteiger partial charge < -0.3 is 5.32 Å². The van der Waals surface area contributed by atoms with Gasteiger partial charge in [0.25, 0.3) is 0 Å². The maximum atomic E-state index is 13.1. The van der Waals surface area contributed by atoms with Crippen LogP contribution in [0.2, 0.25) is 0 Å². The molecule has 0 spiro atoms. The maximum absolute atomic E-state index is 13.1. The van der Waals surface area contributed by atoms with E-state index in [9.17, 15) is 14.4 Å². The van der Waals surface area contributed by atoms with Crippen LogP contribution in [0.4, 0.5) is 11.4 Å². The Morgan fingerprint density at radius 1 is 1.11 bits per heavy atom. The number of nitrogens with one attached hydrogen (secondary N) is 1. The normalized spacial score (nSPS) is 24.7. The van der Waals surface area contributed by atoms with Crippen molar-refractivity contribution in [2.24, 2.45) is 23.7 Å². The van der Waals surface area contributed by atoms with E-state index in [1.165, 1.54) is 28.0 Å². The van der Waals surface area contributed by atoms with Crippen LogP contribution < -0.4 is 10.2 Å². The summed E-state index contributed by atoms with van der Waals surface area (Å²) in [5.41, 5.74) is 3.37. The van der Waals surface area contributed by atoms with E-state index in [1.54, 1.807) is 6.07 Å². The van der Waals surface area contributed by atoms with Gasteiger partial charge in [0.15, 0.2) is 4.34 Å². The minimum Gasteiger partial charge on any atom is -0.325 e. The van der Waals surface area contributed by atoms with Crippen molar-refractivity contribution >= 4 is 62.4 Å². The first kappa shape index (κ1) is 22.5. The molecule has 2 bridgehead atoms. The maximum Gasteiger partial charge on any atom is 0.238 e. The van der Waals surface area contributed by atoms with Gasteiger partial charge in [-0.2, -0.15) is 0 Å². The number of para-hydroxylation sites is 1. The molecular weight excluding hydrogens is 478 g/mol. The summed E-state index contributed by atoms with van der Waals surface area (Å²) in [7, 11) is 0. The topological polar surface area (TPSA) is 79.4 Å². The molecule has 1 saturated heterocycles. The van der Waals surface area contributed by atoms with Gasteiger partial charge in [-0.1, -0.05) is 56.0 Å². The fourth-order valence-corrected chi connectivity index (χ4v) is 7.58. The Bertz CT molecular complexity index is 1370. The Balaban J connectivity index is 1.16. The zero-order valence-corrected chi connectivity index (χ0v) is 21.1. The van der Waals surface area contributed by atoms with E-state index in [1.807, 2.05) is 36.4 Å². The van der Waals surface area contributed by atoms with E-state index in [0.29, 0.717) is 11.6 Å². The number of imide groups is 1. The molecule has 6 nitrogen and oxygen atoms in total. The number of fused-ring (bicyclic) bond motifs is 6. The second kappa shape index (κ2) is 8.60. The van der Waals surface area contributed by atoms with Crippen LogP contribution >= 0.6 is 23.1 Å². The SMILES string of the molecule is CC(C)c1ccccc1NC(=O)CSc1nc2ccc(N3C(=O)[C@@H]4[C@H](C3=O)[C@H]3C=C[C@H]4C3)cc2s1. The minimum atomic E-state index is -0.208. The summed E-state index contributed by atoms with van der Waals surface area (Å²) in [6.45, 7) is 4.21. The number of anilines is 2. The first-order valence-electron chi connectivity index (χ1n) is 11.9. The van der Waals surface area contributed by atoms with Gasteiger partial charge in [-0.25, -0.2) is 9.88 Å². The van der Waals surface area contributed by atoms with Crippen LogP contribution in [-0.2, 0) is 14.4 Å². The highest BCUT2D eigenvalue weighted by molar-refractivity contribution is 8.01. The first-order valence-corrected chi connectivity index (χ1v) is 13.7. The standard InChI is InChI=1S/C27H25N3O3S2/c1-14(2)18-5-3-4-6-19(18)28-22(31)13-34-27-29-20-10-9-17(12-21(20)35-27)30-25(32)23-15-7-8-16(11-15)24(23)26(30)33/h3-10,12,14-16,23-24H,11,13H2,1-2H3,(H,28,31)/t15-,16-,23-,24+/m0/s1. The summed E-state index contributed by atoms with van der Waals surface area (Å²) in [5.74, 6) is 0.313. The summed E-state index contributed by atoms with van der Waals surface area (Å²) in [5, 5.41) is 3.01. The molecule has 2 aliphatic carbocycles. The number of carbonyl (C=O) groups excluding carboxylic acids is 3. The van der Waals surface area contributed by atoms with Crippen molar-refractivity contribution in [3.63, 3.8) is 0 Å². The third-order valence-electron chi connectivity index (χ3n) is 7.26. The molecule has 2 fully saturated rings. The number of thioether (sulfide) groups is 1. The number of nitrogens with zero attached hydrogens (tertiary/aromatic N) is 2. The largest absolute Gasteiger partial charge is 0.325 e. The Hall–Kier alpha value is -2.97. The second-order valence-electron chi connectivity index (χ2n) is 9.72. The number of amides is 3. The van der Waals surface area contributed by atoms with E-state index in [-0.39, 0.29) is 47.1 Å². The Morgan fingerprint density at radius 3 is 2.54 bits per heavy atom. The lowest BCUT2D eigenvalue weighted by molar-refractivity contribution is -0.123. The molecule has 1 aromatic heterocycles. The smallest absolute Gasteiger partial charge is 0.238 e. The van der Waals surface area contributed by atoms with Gasteiger partial charge >= 0.3 is 0 Å². The average molecular weight is 504 g/mol.